The number of aryl methyl sites for hydroxylation is 6. The predicted octanol–water partition coefficient (Wildman–Crippen LogP) is 10.2. The van der Waals surface area contributed by atoms with E-state index in [0.717, 1.165) is 104 Å². The van der Waals surface area contributed by atoms with Crippen LogP contribution in [0.5, 0.6) is 5.75 Å². The van der Waals surface area contributed by atoms with E-state index in [-0.39, 0.29) is 17.6 Å². The molecule has 6 aromatic rings. The maximum absolute atomic E-state index is 15.3. The fourth-order valence-corrected chi connectivity index (χ4v) is 9.61. The summed E-state index contributed by atoms with van der Waals surface area (Å²) in [6.45, 7) is 15.4. The highest BCUT2D eigenvalue weighted by Crippen LogP contribution is 2.46. The van der Waals surface area contributed by atoms with Crippen LogP contribution in [0.25, 0.3) is 32.9 Å². The average molecular weight is 811 g/mol. The zero-order valence-corrected chi connectivity index (χ0v) is 35.1. The van der Waals surface area contributed by atoms with Crippen molar-refractivity contribution in [3.63, 3.8) is 0 Å². The smallest absolute Gasteiger partial charge is 0.352 e. The standard InChI is InChI=1S/C45H49Cl2N5O5/c1-24-17-31-21-37(45(54)55)49(7)41(31)36(18-24)50-22-27(4)52-42-34(33(43(52)44(50)53)9-8-14-57-32-19-25(2)40(47)26(3)20-32)10-11-35(46)39(42)38-28(5)48-51(29(38)6)23-30-12-15-56-16-13-30/h10-11,17-21,27,30H,8-9,12-16,22-23H2,1-7H3,(H,54,55)/t27-/m1/s1. The minimum Gasteiger partial charge on any atom is -0.494 e. The van der Waals surface area contributed by atoms with Crippen molar-refractivity contribution in [3.05, 3.63) is 97.5 Å². The van der Waals surface area contributed by atoms with E-state index in [1.807, 2.05) is 62.9 Å². The van der Waals surface area contributed by atoms with Crippen molar-refractivity contribution < 1.29 is 24.2 Å². The number of aromatic carboxylic acids is 1. The van der Waals surface area contributed by atoms with Gasteiger partial charge in [0.2, 0.25) is 0 Å². The second-order valence-corrected chi connectivity index (χ2v) is 16.8. The van der Waals surface area contributed by atoms with Crippen molar-refractivity contribution >= 4 is 62.6 Å². The summed E-state index contributed by atoms with van der Waals surface area (Å²) in [5, 5.41) is 18.2. The van der Waals surface area contributed by atoms with E-state index >= 15 is 4.79 Å². The number of benzene rings is 3. The molecule has 3 aromatic carbocycles. The second kappa shape index (κ2) is 15.2. The van der Waals surface area contributed by atoms with Gasteiger partial charge in [-0.2, -0.15) is 5.10 Å². The summed E-state index contributed by atoms with van der Waals surface area (Å²) in [5.74, 6) is 0.0905. The number of anilines is 1. The molecule has 10 nitrogen and oxygen atoms in total. The first-order chi connectivity index (χ1) is 27.2. The van der Waals surface area contributed by atoms with Crippen LogP contribution in [-0.2, 0) is 24.8 Å². The summed E-state index contributed by atoms with van der Waals surface area (Å²) in [6.07, 6.45) is 3.24. The molecule has 0 aliphatic carbocycles. The van der Waals surface area contributed by atoms with Gasteiger partial charge in [-0.05, 0) is 132 Å². The Morgan fingerprint density at radius 3 is 2.40 bits per heavy atom. The zero-order valence-electron chi connectivity index (χ0n) is 33.6. The molecule has 5 heterocycles. The average Bonchev–Trinajstić information content (AvgIpc) is 3.78. The van der Waals surface area contributed by atoms with Crippen LogP contribution < -0.4 is 9.64 Å². The van der Waals surface area contributed by atoms with Crippen LogP contribution in [0, 0.1) is 40.5 Å². The van der Waals surface area contributed by atoms with Crippen molar-refractivity contribution in [2.45, 2.75) is 79.8 Å². The molecule has 2 aliphatic rings. The Bertz CT molecular complexity index is 2570. The van der Waals surface area contributed by atoms with E-state index in [1.54, 1.807) is 17.7 Å². The van der Waals surface area contributed by atoms with Gasteiger partial charge in [-0.25, -0.2) is 4.79 Å². The summed E-state index contributed by atoms with van der Waals surface area (Å²) in [7, 11) is 1.75. The van der Waals surface area contributed by atoms with Gasteiger partial charge in [0.25, 0.3) is 5.91 Å². The van der Waals surface area contributed by atoms with Gasteiger partial charge in [0.1, 0.15) is 17.1 Å². The maximum Gasteiger partial charge on any atom is 0.352 e. The number of hydrogen-bond donors (Lipinski definition) is 1. The number of fused-ring (bicyclic) bond motifs is 4. The molecule has 1 fully saturated rings. The Labute approximate surface area is 342 Å². The fourth-order valence-electron chi connectivity index (χ4n) is 9.25. The number of hydrogen-bond acceptors (Lipinski definition) is 5. The van der Waals surface area contributed by atoms with Crippen molar-refractivity contribution in [2.75, 3.05) is 31.3 Å². The van der Waals surface area contributed by atoms with Crippen LogP contribution in [0.4, 0.5) is 5.69 Å². The molecule has 1 N–H and O–H groups in total. The molecule has 12 heteroatoms. The number of ether oxygens (including phenoxy) is 2. The summed E-state index contributed by atoms with van der Waals surface area (Å²) in [5.41, 5.74) is 10.7. The fraction of sp³-hybridized carbons (Fsp3) is 0.400. The van der Waals surface area contributed by atoms with E-state index < -0.39 is 5.97 Å². The summed E-state index contributed by atoms with van der Waals surface area (Å²) in [6, 6.07) is 13.4. The molecule has 298 valence electrons. The third-order valence-electron chi connectivity index (χ3n) is 12.0. The number of carbonyl (C=O) groups is 2. The molecule has 57 heavy (non-hydrogen) atoms. The molecule has 3 aromatic heterocycles. The number of carbonyl (C=O) groups excluding carboxylic acids is 1. The summed E-state index contributed by atoms with van der Waals surface area (Å²) in [4.78, 5) is 29.4. The van der Waals surface area contributed by atoms with Crippen LogP contribution >= 0.6 is 23.2 Å². The number of nitrogens with zero attached hydrogens (tertiary/aromatic N) is 5. The monoisotopic (exact) mass is 809 g/mol. The third kappa shape index (κ3) is 6.79. The molecule has 2 aliphatic heterocycles. The van der Waals surface area contributed by atoms with E-state index in [9.17, 15) is 9.90 Å². The Balaban J connectivity index is 1.27. The molecular formula is C45H49Cl2N5O5. The predicted molar refractivity (Wildman–Crippen MR) is 227 cm³/mol. The summed E-state index contributed by atoms with van der Waals surface area (Å²) >= 11 is 13.7. The van der Waals surface area contributed by atoms with E-state index in [1.165, 1.54) is 0 Å². The molecule has 1 saturated heterocycles. The Morgan fingerprint density at radius 1 is 0.982 bits per heavy atom. The topological polar surface area (TPSA) is 104 Å². The molecule has 8 rings (SSSR count). The van der Waals surface area contributed by atoms with Crippen molar-refractivity contribution in [3.8, 4) is 16.9 Å². The summed E-state index contributed by atoms with van der Waals surface area (Å²) < 4.78 is 17.9. The van der Waals surface area contributed by atoms with Gasteiger partial charge in [0.05, 0.1) is 34.0 Å². The van der Waals surface area contributed by atoms with E-state index in [2.05, 4.69) is 29.2 Å². The quantitative estimate of drug-likeness (QED) is 0.138. The van der Waals surface area contributed by atoms with Crippen LogP contribution in [0.1, 0.15) is 86.8 Å². The van der Waals surface area contributed by atoms with Gasteiger partial charge in [-0.3, -0.25) is 9.48 Å². The maximum atomic E-state index is 15.3. The highest BCUT2D eigenvalue weighted by Gasteiger charge is 2.38. The number of aromatic nitrogens is 4. The number of carboxylic acid groups (broad SMARTS) is 1. The highest BCUT2D eigenvalue weighted by molar-refractivity contribution is 6.35. The normalized spacial score (nSPS) is 16.3. The Morgan fingerprint density at radius 2 is 1.70 bits per heavy atom. The molecule has 1 amide bonds. The minimum atomic E-state index is -1.02. The van der Waals surface area contributed by atoms with E-state index in [4.69, 9.17) is 37.8 Å². The third-order valence-corrected chi connectivity index (χ3v) is 12.9. The first kappa shape index (κ1) is 39.1. The Kier molecular flexibility index (Phi) is 10.4. The first-order valence-corrected chi connectivity index (χ1v) is 20.5. The largest absolute Gasteiger partial charge is 0.494 e. The molecule has 0 unspecified atom stereocenters. The van der Waals surface area contributed by atoms with Crippen LogP contribution in [0.15, 0.2) is 42.5 Å². The highest BCUT2D eigenvalue weighted by atomic mass is 35.5. The second-order valence-electron chi connectivity index (χ2n) is 16.0. The minimum absolute atomic E-state index is 0.139. The van der Waals surface area contributed by atoms with Crippen LogP contribution in [0.2, 0.25) is 10.0 Å². The molecule has 0 bridgehead atoms. The van der Waals surface area contributed by atoms with Crippen molar-refractivity contribution in [1.82, 2.24) is 18.9 Å². The SMILES string of the molecule is Cc1cc(N2C[C@@H](C)n3c(c(CCCOc4cc(C)c(Cl)c(C)c4)c4ccc(Cl)c(-c5c(C)nn(CC6CCOCC6)c5C)c43)C2=O)c2c(c1)cc(C(=O)O)n2C. The molecular weight excluding hydrogens is 761 g/mol. The number of amides is 1. The van der Waals surface area contributed by atoms with Gasteiger partial charge in [-0.15, -0.1) is 0 Å². The van der Waals surface area contributed by atoms with Gasteiger partial charge >= 0.3 is 5.97 Å². The van der Waals surface area contributed by atoms with Crippen molar-refractivity contribution in [1.29, 1.82) is 0 Å². The van der Waals surface area contributed by atoms with Gasteiger partial charge < -0.3 is 28.6 Å². The van der Waals surface area contributed by atoms with E-state index in [0.29, 0.717) is 53.8 Å². The lowest BCUT2D eigenvalue weighted by Gasteiger charge is -2.35. The number of rotatable bonds is 10. The molecule has 0 saturated carbocycles. The Hall–Kier alpha value is -4.77. The number of carboxylic acids is 1. The van der Waals surface area contributed by atoms with Crippen LogP contribution in [-0.4, -0.2) is 62.3 Å². The lowest BCUT2D eigenvalue weighted by Crippen LogP contribution is -2.43. The molecule has 0 spiro atoms. The van der Waals surface area contributed by atoms with Crippen molar-refractivity contribution in [2.24, 2.45) is 13.0 Å². The van der Waals surface area contributed by atoms with Gasteiger partial charge in [-0.1, -0.05) is 29.3 Å². The lowest BCUT2D eigenvalue weighted by molar-refractivity contribution is 0.0599. The van der Waals surface area contributed by atoms with Gasteiger partial charge in [0.15, 0.2) is 0 Å². The molecule has 0 radical (unpaired) electrons. The van der Waals surface area contributed by atoms with Crippen LogP contribution in [0.3, 0.4) is 0 Å². The molecule has 1 atom stereocenters. The first-order valence-electron chi connectivity index (χ1n) is 19.8. The number of halogens is 2. The zero-order chi connectivity index (χ0) is 40.4. The van der Waals surface area contributed by atoms with Gasteiger partial charge in [0, 0.05) is 72.0 Å². The lowest BCUT2D eigenvalue weighted by atomic mass is 9.97.